The molecule has 0 heterocycles. The van der Waals surface area contributed by atoms with Gasteiger partial charge in [-0.1, -0.05) is 43.2 Å². The van der Waals surface area contributed by atoms with Crippen molar-refractivity contribution in [2.24, 2.45) is 11.7 Å². The van der Waals surface area contributed by atoms with Crippen molar-refractivity contribution in [2.45, 2.75) is 58.0 Å². The lowest BCUT2D eigenvalue weighted by molar-refractivity contribution is -0.126. The second-order valence-corrected chi connectivity index (χ2v) is 6.00. The number of carbonyl (C=O) groups is 1. The minimum absolute atomic E-state index is 0. The molecule has 3 atom stereocenters. The number of amides is 1. The smallest absolute Gasteiger partial charge is 0.223 e. The zero-order valence-corrected chi connectivity index (χ0v) is 13.8. The summed E-state index contributed by atoms with van der Waals surface area (Å²) in [5.74, 6) is 0.269. The quantitative estimate of drug-likeness (QED) is 0.894. The van der Waals surface area contributed by atoms with Gasteiger partial charge in [0.25, 0.3) is 0 Å². The highest BCUT2D eigenvalue weighted by Crippen LogP contribution is 2.25. The molecule has 1 saturated carbocycles. The highest BCUT2D eigenvalue weighted by atomic mass is 35.5. The van der Waals surface area contributed by atoms with Gasteiger partial charge in [-0.05, 0) is 38.2 Å². The van der Waals surface area contributed by atoms with Crippen molar-refractivity contribution in [1.29, 1.82) is 0 Å². The highest BCUT2D eigenvalue weighted by Gasteiger charge is 2.26. The van der Waals surface area contributed by atoms with Crippen molar-refractivity contribution in [3.05, 3.63) is 35.4 Å². The SMILES string of the molecule is CCC(NC(=O)C1CCCC(N)C1)c1ccc(C)cc1.Cl. The number of hydrogen-bond donors (Lipinski definition) is 2. The fraction of sp³-hybridized carbons (Fsp3) is 0.588. The van der Waals surface area contributed by atoms with E-state index in [1.807, 2.05) is 0 Å². The van der Waals surface area contributed by atoms with Gasteiger partial charge in [-0.3, -0.25) is 4.79 Å². The zero-order valence-electron chi connectivity index (χ0n) is 13.0. The van der Waals surface area contributed by atoms with Crippen molar-refractivity contribution in [1.82, 2.24) is 5.32 Å². The highest BCUT2D eigenvalue weighted by molar-refractivity contribution is 5.85. The molecule has 3 nitrogen and oxygen atoms in total. The van der Waals surface area contributed by atoms with Gasteiger partial charge >= 0.3 is 0 Å². The van der Waals surface area contributed by atoms with E-state index in [9.17, 15) is 4.79 Å². The van der Waals surface area contributed by atoms with Crippen molar-refractivity contribution in [2.75, 3.05) is 0 Å². The topological polar surface area (TPSA) is 55.1 Å². The molecule has 3 unspecified atom stereocenters. The number of nitrogens with one attached hydrogen (secondary N) is 1. The van der Waals surface area contributed by atoms with Crippen LogP contribution in [0.3, 0.4) is 0 Å². The Balaban J connectivity index is 0.00000220. The molecule has 0 aromatic heterocycles. The fourth-order valence-corrected chi connectivity index (χ4v) is 2.98. The molecule has 0 bridgehead atoms. The summed E-state index contributed by atoms with van der Waals surface area (Å²) in [6.07, 6.45) is 4.84. The van der Waals surface area contributed by atoms with Gasteiger partial charge in [0.1, 0.15) is 0 Å². The molecule has 1 aromatic rings. The van der Waals surface area contributed by atoms with Crippen LogP contribution >= 0.6 is 12.4 Å². The molecular weight excluding hydrogens is 284 g/mol. The van der Waals surface area contributed by atoms with Crippen LogP contribution in [0.1, 0.15) is 56.2 Å². The summed E-state index contributed by atoms with van der Waals surface area (Å²) < 4.78 is 0. The molecule has 21 heavy (non-hydrogen) atoms. The Kier molecular flexibility index (Phi) is 7.20. The molecule has 1 fully saturated rings. The van der Waals surface area contributed by atoms with E-state index in [-0.39, 0.29) is 36.3 Å². The molecule has 0 radical (unpaired) electrons. The molecule has 0 spiro atoms. The van der Waals surface area contributed by atoms with Crippen molar-refractivity contribution in [3.8, 4) is 0 Å². The average molecular weight is 311 g/mol. The lowest BCUT2D eigenvalue weighted by atomic mass is 9.85. The first-order valence-electron chi connectivity index (χ1n) is 7.72. The second-order valence-electron chi connectivity index (χ2n) is 6.00. The summed E-state index contributed by atoms with van der Waals surface area (Å²) in [4.78, 5) is 12.4. The first-order valence-corrected chi connectivity index (χ1v) is 7.72. The minimum atomic E-state index is 0. The van der Waals surface area contributed by atoms with Crippen molar-refractivity contribution < 1.29 is 4.79 Å². The molecule has 2 rings (SSSR count). The van der Waals surface area contributed by atoms with Crippen LogP contribution in [0, 0.1) is 12.8 Å². The van der Waals surface area contributed by atoms with Crippen LogP contribution in [0.4, 0.5) is 0 Å². The predicted octanol–water partition coefficient (Wildman–Crippen LogP) is 3.50. The Morgan fingerprint density at radius 2 is 2.00 bits per heavy atom. The molecule has 1 aromatic carbocycles. The van der Waals surface area contributed by atoms with Crippen LogP contribution in [-0.4, -0.2) is 11.9 Å². The largest absolute Gasteiger partial charge is 0.349 e. The van der Waals surface area contributed by atoms with E-state index in [1.54, 1.807) is 0 Å². The van der Waals surface area contributed by atoms with E-state index in [2.05, 4.69) is 43.4 Å². The predicted molar refractivity (Wildman–Crippen MR) is 89.5 cm³/mol. The summed E-state index contributed by atoms with van der Waals surface area (Å²) in [5.41, 5.74) is 8.40. The first kappa shape index (κ1) is 18.0. The van der Waals surface area contributed by atoms with E-state index in [0.717, 1.165) is 32.1 Å². The number of halogens is 1. The van der Waals surface area contributed by atoms with Gasteiger partial charge < -0.3 is 11.1 Å². The molecule has 0 aliphatic heterocycles. The second kappa shape index (κ2) is 8.40. The van der Waals surface area contributed by atoms with Crippen LogP contribution in [0.15, 0.2) is 24.3 Å². The van der Waals surface area contributed by atoms with E-state index in [0.29, 0.717) is 0 Å². The maximum absolute atomic E-state index is 12.4. The number of benzene rings is 1. The van der Waals surface area contributed by atoms with Crippen LogP contribution in [-0.2, 0) is 4.79 Å². The molecular formula is C17H27ClN2O. The van der Waals surface area contributed by atoms with Crippen molar-refractivity contribution >= 4 is 18.3 Å². The third kappa shape index (κ3) is 5.01. The fourth-order valence-electron chi connectivity index (χ4n) is 2.98. The van der Waals surface area contributed by atoms with Gasteiger partial charge in [0, 0.05) is 12.0 Å². The van der Waals surface area contributed by atoms with E-state index in [4.69, 9.17) is 5.73 Å². The zero-order chi connectivity index (χ0) is 14.5. The van der Waals surface area contributed by atoms with Crippen LogP contribution in [0.5, 0.6) is 0 Å². The Labute approximate surface area is 134 Å². The Morgan fingerprint density at radius 3 is 2.57 bits per heavy atom. The summed E-state index contributed by atoms with van der Waals surface area (Å²) in [6.45, 7) is 4.18. The number of hydrogen-bond acceptors (Lipinski definition) is 2. The first-order chi connectivity index (χ1) is 9.60. The van der Waals surface area contributed by atoms with Gasteiger partial charge in [-0.15, -0.1) is 12.4 Å². The summed E-state index contributed by atoms with van der Waals surface area (Å²) in [7, 11) is 0. The summed E-state index contributed by atoms with van der Waals surface area (Å²) >= 11 is 0. The van der Waals surface area contributed by atoms with Gasteiger partial charge in [0.05, 0.1) is 6.04 Å². The third-order valence-electron chi connectivity index (χ3n) is 4.29. The number of carbonyl (C=O) groups excluding carboxylic acids is 1. The van der Waals surface area contributed by atoms with Crippen LogP contribution < -0.4 is 11.1 Å². The van der Waals surface area contributed by atoms with Crippen LogP contribution in [0.25, 0.3) is 0 Å². The standard InChI is InChI=1S/C17H26N2O.ClH/c1-3-16(13-9-7-12(2)8-10-13)19-17(20)14-5-4-6-15(18)11-14;/h7-10,14-16H,3-6,11,18H2,1-2H3,(H,19,20);1H. The molecule has 3 N–H and O–H groups in total. The number of aryl methyl sites for hydroxylation is 1. The Bertz CT molecular complexity index is 447. The molecule has 1 aliphatic rings. The van der Waals surface area contributed by atoms with E-state index in [1.165, 1.54) is 11.1 Å². The molecule has 1 aliphatic carbocycles. The Morgan fingerprint density at radius 1 is 1.33 bits per heavy atom. The molecule has 0 saturated heterocycles. The molecule has 118 valence electrons. The normalized spacial score (nSPS) is 23.0. The number of rotatable bonds is 4. The van der Waals surface area contributed by atoms with Gasteiger partial charge in [0.2, 0.25) is 5.91 Å². The lowest BCUT2D eigenvalue weighted by Crippen LogP contribution is -2.39. The minimum Gasteiger partial charge on any atom is -0.349 e. The maximum atomic E-state index is 12.4. The van der Waals surface area contributed by atoms with E-state index < -0.39 is 0 Å². The Hall–Kier alpha value is -1.06. The average Bonchev–Trinajstić information content (AvgIpc) is 2.45. The third-order valence-corrected chi connectivity index (χ3v) is 4.29. The van der Waals surface area contributed by atoms with Gasteiger partial charge in [0.15, 0.2) is 0 Å². The summed E-state index contributed by atoms with van der Waals surface area (Å²) in [6, 6.07) is 8.72. The van der Waals surface area contributed by atoms with E-state index >= 15 is 0 Å². The molecule has 4 heteroatoms. The van der Waals surface area contributed by atoms with Crippen molar-refractivity contribution in [3.63, 3.8) is 0 Å². The van der Waals surface area contributed by atoms with Gasteiger partial charge in [-0.25, -0.2) is 0 Å². The monoisotopic (exact) mass is 310 g/mol. The van der Waals surface area contributed by atoms with Gasteiger partial charge in [-0.2, -0.15) is 0 Å². The maximum Gasteiger partial charge on any atom is 0.223 e. The lowest BCUT2D eigenvalue weighted by Gasteiger charge is -2.28. The summed E-state index contributed by atoms with van der Waals surface area (Å²) in [5, 5.41) is 3.20. The number of nitrogens with two attached hydrogens (primary N) is 1. The van der Waals surface area contributed by atoms with Crippen LogP contribution in [0.2, 0.25) is 0 Å². The molecule has 1 amide bonds.